The van der Waals surface area contributed by atoms with Crippen LogP contribution in [0.25, 0.3) is 0 Å². The Morgan fingerprint density at radius 3 is 2.05 bits per heavy atom. The Kier molecular flexibility index (Phi) is 4.67. The molecule has 2 nitrogen and oxygen atoms in total. The summed E-state index contributed by atoms with van der Waals surface area (Å²) in [6, 6.07) is 12.6. The second-order valence-electron chi connectivity index (χ2n) is 5.17. The van der Waals surface area contributed by atoms with Crippen LogP contribution in [-0.4, -0.2) is 13.7 Å². The Bertz CT molecular complexity index is 547. The molecule has 0 amide bonds. The van der Waals surface area contributed by atoms with Gasteiger partial charge in [-0.3, -0.25) is 0 Å². The van der Waals surface area contributed by atoms with E-state index >= 15 is 0 Å². The topological polar surface area (TPSA) is 18.5 Å². The highest BCUT2D eigenvalue weighted by Gasteiger charge is 2.06. The Morgan fingerprint density at radius 1 is 0.900 bits per heavy atom. The molecule has 2 aromatic carbocycles. The van der Waals surface area contributed by atoms with Crippen molar-refractivity contribution in [1.29, 1.82) is 0 Å². The summed E-state index contributed by atoms with van der Waals surface area (Å²) in [5, 5.41) is 0. The minimum Gasteiger partial charge on any atom is -0.497 e. The summed E-state index contributed by atoms with van der Waals surface area (Å²) >= 11 is 0. The molecule has 20 heavy (non-hydrogen) atoms. The maximum Gasteiger partial charge on any atom is 0.125 e. The van der Waals surface area contributed by atoms with Crippen molar-refractivity contribution in [2.45, 2.75) is 27.2 Å². The lowest BCUT2D eigenvalue weighted by molar-refractivity contribution is 0.316. The van der Waals surface area contributed by atoms with Gasteiger partial charge in [0.2, 0.25) is 0 Å². The fourth-order valence-corrected chi connectivity index (χ4v) is 2.28. The Labute approximate surface area is 121 Å². The van der Waals surface area contributed by atoms with E-state index < -0.39 is 0 Å². The quantitative estimate of drug-likeness (QED) is 0.809. The number of benzene rings is 2. The number of hydrogen-bond acceptors (Lipinski definition) is 2. The molecule has 2 rings (SSSR count). The van der Waals surface area contributed by atoms with Gasteiger partial charge in [-0.05, 0) is 49.6 Å². The van der Waals surface area contributed by atoms with Gasteiger partial charge in [0.05, 0.1) is 13.7 Å². The van der Waals surface area contributed by atoms with Crippen LogP contribution in [0, 0.1) is 20.8 Å². The minimum absolute atomic E-state index is 0.692. The second-order valence-corrected chi connectivity index (χ2v) is 5.17. The maximum absolute atomic E-state index is 5.95. The van der Waals surface area contributed by atoms with Gasteiger partial charge in [0.15, 0.2) is 0 Å². The molecule has 0 saturated carbocycles. The molecule has 0 spiro atoms. The number of aryl methyl sites for hydroxylation is 3. The summed E-state index contributed by atoms with van der Waals surface area (Å²) in [4.78, 5) is 0. The molecular weight excluding hydrogens is 248 g/mol. The lowest BCUT2D eigenvalue weighted by Gasteiger charge is -2.13. The van der Waals surface area contributed by atoms with Crippen molar-refractivity contribution in [2.24, 2.45) is 0 Å². The van der Waals surface area contributed by atoms with Crippen molar-refractivity contribution in [3.8, 4) is 11.5 Å². The Balaban J connectivity index is 1.99. The molecule has 0 unspecified atom stereocenters. The van der Waals surface area contributed by atoms with Crippen LogP contribution in [0.1, 0.15) is 22.3 Å². The van der Waals surface area contributed by atoms with Crippen LogP contribution < -0.4 is 9.47 Å². The van der Waals surface area contributed by atoms with Crippen molar-refractivity contribution in [3.05, 3.63) is 58.7 Å². The zero-order chi connectivity index (χ0) is 14.5. The molecule has 0 atom stereocenters. The van der Waals surface area contributed by atoms with Crippen LogP contribution in [-0.2, 0) is 6.42 Å². The van der Waals surface area contributed by atoms with Gasteiger partial charge in [0, 0.05) is 6.42 Å². The smallest absolute Gasteiger partial charge is 0.125 e. The van der Waals surface area contributed by atoms with E-state index in [2.05, 4.69) is 45.0 Å². The van der Waals surface area contributed by atoms with Gasteiger partial charge in [0.25, 0.3) is 0 Å². The SMILES string of the molecule is COc1cc(C)c(OCCc2ccc(C)cc2)c(C)c1. The summed E-state index contributed by atoms with van der Waals surface area (Å²) in [5.74, 6) is 1.85. The summed E-state index contributed by atoms with van der Waals surface area (Å²) in [6.07, 6.45) is 0.922. The summed E-state index contributed by atoms with van der Waals surface area (Å²) in [7, 11) is 1.69. The number of ether oxygens (including phenoxy) is 2. The molecule has 2 heteroatoms. The first-order chi connectivity index (χ1) is 9.60. The van der Waals surface area contributed by atoms with Crippen molar-refractivity contribution in [3.63, 3.8) is 0 Å². The van der Waals surface area contributed by atoms with Crippen molar-refractivity contribution >= 4 is 0 Å². The first-order valence-electron chi connectivity index (χ1n) is 6.93. The van der Waals surface area contributed by atoms with Gasteiger partial charge in [-0.25, -0.2) is 0 Å². The predicted octanol–water partition coefficient (Wildman–Crippen LogP) is 4.24. The third-order valence-electron chi connectivity index (χ3n) is 3.43. The summed E-state index contributed by atoms with van der Waals surface area (Å²) in [5.41, 5.74) is 4.83. The van der Waals surface area contributed by atoms with Crippen LogP contribution >= 0.6 is 0 Å². The number of hydrogen-bond donors (Lipinski definition) is 0. The molecule has 0 aliphatic rings. The molecule has 0 aliphatic heterocycles. The molecule has 0 aliphatic carbocycles. The highest BCUT2D eigenvalue weighted by Crippen LogP contribution is 2.28. The van der Waals surface area contributed by atoms with Gasteiger partial charge >= 0.3 is 0 Å². The third kappa shape index (κ3) is 3.53. The average molecular weight is 270 g/mol. The lowest BCUT2D eigenvalue weighted by atomic mass is 10.1. The second kappa shape index (κ2) is 6.47. The monoisotopic (exact) mass is 270 g/mol. The zero-order valence-electron chi connectivity index (χ0n) is 12.7. The van der Waals surface area contributed by atoms with E-state index in [0.29, 0.717) is 6.61 Å². The van der Waals surface area contributed by atoms with Crippen molar-refractivity contribution in [1.82, 2.24) is 0 Å². The molecular formula is C18H22O2. The van der Waals surface area contributed by atoms with Gasteiger partial charge in [-0.15, -0.1) is 0 Å². The number of methoxy groups -OCH3 is 1. The Hall–Kier alpha value is -1.96. The van der Waals surface area contributed by atoms with Crippen LogP contribution in [0.3, 0.4) is 0 Å². The lowest BCUT2D eigenvalue weighted by Crippen LogP contribution is -2.04. The van der Waals surface area contributed by atoms with Crippen LogP contribution in [0.5, 0.6) is 11.5 Å². The zero-order valence-corrected chi connectivity index (χ0v) is 12.7. The predicted molar refractivity (Wildman–Crippen MR) is 82.8 cm³/mol. The summed E-state index contributed by atoms with van der Waals surface area (Å²) in [6.45, 7) is 6.90. The van der Waals surface area contributed by atoms with E-state index in [1.165, 1.54) is 11.1 Å². The minimum atomic E-state index is 0.692. The number of rotatable bonds is 5. The molecule has 0 N–H and O–H groups in total. The molecule has 0 heterocycles. The standard InChI is InChI=1S/C18H22O2/c1-13-5-7-16(8-6-13)9-10-20-18-14(2)11-17(19-4)12-15(18)3/h5-8,11-12H,9-10H2,1-4H3. The van der Waals surface area contributed by atoms with Crippen molar-refractivity contribution in [2.75, 3.05) is 13.7 Å². The maximum atomic E-state index is 5.95. The van der Waals surface area contributed by atoms with Crippen molar-refractivity contribution < 1.29 is 9.47 Å². The highest BCUT2D eigenvalue weighted by atomic mass is 16.5. The molecule has 106 valence electrons. The Morgan fingerprint density at radius 2 is 1.50 bits per heavy atom. The van der Waals surface area contributed by atoms with E-state index in [1.807, 2.05) is 12.1 Å². The normalized spacial score (nSPS) is 10.4. The fraction of sp³-hybridized carbons (Fsp3) is 0.333. The molecule has 0 aromatic heterocycles. The van der Waals surface area contributed by atoms with E-state index in [9.17, 15) is 0 Å². The average Bonchev–Trinajstić information content (AvgIpc) is 2.43. The van der Waals surface area contributed by atoms with Crippen LogP contribution in [0.15, 0.2) is 36.4 Å². The van der Waals surface area contributed by atoms with Crippen LogP contribution in [0.4, 0.5) is 0 Å². The molecule has 0 bridgehead atoms. The molecule has 0 radical (unpaired) electrons. The molecule has 2 aromatic rings. The highest BCUT2D eigenvalue weighted by molar-refractivity contribution is 5.45. The van der Waals surface area contributed by atoms with Gasteiger partial charge < -0.3 is 9.47 Å². The summed E-state index contributed by atoms with van der Waals surface area (Å²) < 4.78 is 11.2. The first kappa shape index (κ1) is 14.4. The van der Waals surface area contributed by atoms with Gasteiger partial charge in [-0.1, -0.05) is 29.8 Å². The molecule has 0 saturated heterocycles. The van der Waals surface area contributed by atoms with E-state index in [0.717, 1.165) is 29.0 Å². The van der Waals surface area contributed by atoms with Gasteiger partial charge in [-0.2, -0.15) is 0 Å². The third-order valence-corrected chi connectivity index (χ3v) is 3.43. The fourth-order valence-electron chi connectivity index (χ4n) is 2.28. The largest absolute Gasteiger partial charge is 0.497 e. The first-order valence-corrected chi connectivity index (χ1v) is 6.93. The van der Waals surface area contributed by atoms with Gasteiger partial charge in [0.1, 0.15) is 11.5 Å². The van der Waals surface area contributed by atoms with E-state index in [-0.39, 0.29) is 0 Å². The van der Waals surface area contributed by atoms with Crippen LogP contribution in [0.2, 0.25) is 0 Å². The van der Waals surface area contributed by atoms with E-state index in [1.54, 1.807) is 7.11 Å². The molecule has 0 fully saturated rings. The van der Waals surface area contributed by atoms with E-state index in [4.69, 9.17) is 9.47 Å².